The highest BCUT2D eigenvalue weighted by Crippen LogP contribution is 2.30. The number of carbonyl (C=O) groups excluding carboxylic acids is 1. The molecule has 7 heteroatoms. The van der Waals surface area contributed by atoms with Crippen molar-refractivity contribution in [3.8, 4) is 11.1 Å². The van der Waals surface area contributed by atoms with Gasteiger partial charge >= 0.3 is 0 Å². The van der Waals surface area contributed by atoms with Crippen LogP contribution in [0.5, 0.6) is 0 Å². The molecule has 2 aromatic heterocycles. The summed E-state index contributed by atoms with van der Waals surface area (Å²) in [6, 6.07) is 18.2. The van der Waals surface area contributed by atoms with Crippen molar-refractivity contribution in [2.45, 2.75) is 0 Å². The maximum atomic E-state index is 12.6. The van der Waals surface area contributed by atoms with Crippen LogP contribution in [0, 0.1) is 0 Å². The van der Waals surface area contributed by atoms with Crippen molar-refractivity contribution in [3.05, 3.63) is 71.9 Å². The van der Waals surface area contributed by atoms with Crippen molar-refractivity contribution >= 4 is 39.0 Å². The zero-order chi connectivity index (χ0) is 20.3. The summed E-state index contributed by atoms with van der Waals surface area (Å²) < 4.78 is 5.47. The molecule has 0 saturated carbocycles. The van der Waals surface area contributed by atoms with Gasteiger partial charge in [-0.2, -0.15) is 0 Å². The van der Waals surface area contributed by atoms with Crippen LogP contribution in [0.1, 0.15) is 10.5 Å². The van der Waals surface area contributed by atoms with E-state index >= 15 is 0 Å². The van der Waals surface area contributed by atoms with Crippen molar-refractivity contribution in [3.63, 3.8) is 0 Å². The quantitative estimate of drug-likeness (QED) is 0.532. The smallest absolute Gasteiger partial charge is 0.276 e. The molecule has 0 aliphatic carbocycles. The van der Waals surface area contributed by atoms with Gasteiger partial charge in [-0.25, -0.2) is 9.97 Å². The monoisotopic (exact) mass is 416 g/mol. The first-order chi connectivity index (χ1) is 14.8. The third kappa shape index (κ3) is 3.77. The Morgan fingerprint density at radius 1 is 1.07 bits per heavy atom. The molecular weight excluding hydrogens is 396 g/mol. The Balaban J connectivity index is 1.52. The fraction of sp³-hybridized carbons (Fsp3) is 0.174. The molecule has 1 N–H and O–H groups in total. The van der Waals surface area contributed by atoms with Crippen molar-refractivity contribution < 1.29 is 9.53 Å². The Morgan fingerprint density at radius 3 is 2.77 bits per heavy atom. The molecule has 1 aliphatic heterocycles. The third-order valence-electron chi connectivity index (χ3n) is 5.14. The molecule has 30 heavy (non-hydrogen) atoms. The highest BCUT2D eigenvalue weighted by Gasteiger charge is 2.15. The van der Waals surface area contributed by atoms with E-state index in [1.165, 1.54) is 17.0 Å². The number of aromatic nitrogens is 2. The van der Waals surface area contributed by atoms with E-state index in [0.717, 1.165) is 48.3 Å². The number of amides is 1. The molecule has 0 atom stereocenters. The highest BCUT2D eigenvalue weighted by atomic mass is 32.1. The second-order valence-corrected chi connectivity index (χ2v) is 7.91. The summed E-state index contributed by atoms with van der Waals surface area (Å²) in [5.41, 5.74) is 4.43. The standard InChI is InChI=1S/C23H20N4O2S/c28-22(26-23-24-9-14-30-23)20-8-7-16-3-2-6-19(21(16)25-20)17-4-1-5-18(15-17)27-10-12-29-13-11-27/h1-9,14-15H,10-13H2,(H,24,26,28). The van der Waals surface area contributed by atoms with E-state index in [1.54, 1.807) is 12.3 Å². The van der Waals surface area contributed by atoms with Gasteiger partial charge in [-0.15, -0.1) is 11.3 Å². The van der Waals surface area contributed by atoms with E-state index in [9.17, 15) is 4.79 Å². The first kappa shape index (κ1) is 18.7. The largest absolute Gasteiger partial charge is 0.378 e. The van der Waals surface area contributed by atoms with E-state index in [4.69, 9.17) is 9.72 Å². The molecule has 1 fully saturated rings. The molecule has 2 aromatic carbocycles. The summed E-state index contributed by atoms with van der Waals surface area (Å²) in [7, 11) is 0. The van der Waals surface area contributed by atoms with Crippen LogP contribution in [0.4, 0.5) is 10.8 Å². The summed E-state index contributed by atoms with van der Waals surface area (Å²) in [5, 5.41) is 6.18. The number of morpholine rings is 1. The van der Waals surface area contributed by atoms with Gasteiger partial charge in [0.1, 0.15) is 5.69 Å². The average molecular weight is 417 g/mol. The van der Waals surface area contributed by atoms with Crippen LogP contribution in [-0.2, 0) is 4.74 Å². The summed E-state index contributed by atoms with van der Waals surface area (Å²) in [5.74, 6) is -0.260. The lowest BCUT2D eigenvalue weighted by Crippen LogP contribution is -2.36. The SMILES string of the molecule is O=C(Nc1nccs1)c1ccc2cccc(-c3cccc(N4CCOCC4)c3)c2n1. The second-order valence-electron chi connectivity index (χ2n) is 7.01. The number of nitrogens with zero attached hydrogens (tertiary/aromatic N) is 3. The van der Waals surface area contributed by atoms with Gasteiger partial charge in [-0.1, -0.05) is 36.4 Å². The van der Waals surface area contributed by atoms with Crippen LogP contribution >= 0.6 is 11.3 Å². The molecule has 150 valence electrons. The summed E-state index contributed by atoms with van der Waals surface area (Å²) >= 11 is 1.38. The number of ether oxygens (including phenoxy) is 1. The number of benzene rings is 2. The molecule has 4 aromatic rings. The zero-order valence-electron chi connectivity index (χ0n) is 16.2. The summed E-state index contributed by atoms with van der Waals surface area (Å²) in [6.07, 6.45) is 1.66. The van der Waals surface area contributed by atoms with E-state index in [2.05, 4.69) is 45.5 Å². The summed E-state index contributed by atoms with van der Waals surface area (Å²) in [6.45, 7) is 3.27. The predicted octanol–water partition coefficient (Wildman–Crippen LogP) is 4.45. The van der Waals surface area contributed by atoms with Crippen LogP contribution in [-0.4, -0.2) is 42.2 Å². The van der Waals surface area contributed by atoms with Gasteiger partial charge in [0.15, 0.2) is 5.13 Å². The lowest BCUT2D eigenvalue weighted by Gasteiger charge is -2.29. The highest BCUT2D eigenvalue weighted by molar-refractivity contribution is 7.13. The van der Waals surface area contributed by atoms with Crippen LogP contribution in [0.15, 0.2) is 66.2 Å². The van der Waals surface area contributed by atoms with Crippen LogP contribution in [0.2, 0.25) is 0 Å². The number of thiazole rings is 1. The first-order valence-electron chi connectivity index (χ1n) is 9.82. The maximum Gasteiger partial charge on any atom is 0.276 e. The van der Waals surface area contributed by atoms with Crippen molar-refractivity contribution in [1.29, 1.82) is 0 Å². The molecule has 6 nitrogen and oxygen atoms in total. The molecule has 3 heterocycles. The van der Waals surface area contributed by atoms with Crippen molar-refractivity contribution in [2.24, 2.45) is 0 Å². The van der Waals surface area contributed by atoms with Gasteiger partial charge in [0, 0.05) is 41.3 Å². The predicted molar refractivity (Wildman–Crippen MR) is 120 cm³/mol. The van der Waals surface area contributed by atoms with Crippen LogP contribution in [0.25, 0.3) is 22.0 Å². The third-order valence-corrected chi connectivity index (χ3v) is 5.83. The number of hydrogen-bond acceptors (Lipinski definition) is 6. The van der Waals surface area contributed by atoms with Crippen LogP contribution in [0.3, 0.4) is 0 Å². The number of fused-ring (bicyclic) bond motifs is 1. The fourth-order valence-electron chi connectivity index (χ4n) is 3.64. The lowest BCUT2D eigenvalue weighted by atomic mass is 10.0. The molecule has 1 amide bonds. The topological polar surface area (TPSA) is 67.4 Å². The van der Waals surface area contributed by atoms with E-state index < -0.39 is 0 Å². The molecule has 1 aliphatic rings. The Bertz CT molecular complexity index is 1190. The Morgan fingerprint density at radius 2 is 1.93 bits per heavy atom. The van der Waals surface area contributed by atoms with Crippen molar-refractivity contribution in [2.75, 3.05) is 36.5 Å². The molecule has 0 spiro atoms. The number of carbonyl (C=O) groups is 1. The Kier molecular flexibility index (Phi) is 5.13. The van der Waals surface area contributed by atoms with E-state index in [1.807, 2.05) is 23.6 Å². The molecular formula is C23H20N4O2S. The normalized spacial score (nSPS) is 14.1. The summed E-state index contributed by atoms with van der Waals surface area (Å²) in [4.78, 5) is 23.8. The van der Waals surface area contributed by atoms with Crippen molar-refractivity contribution in [1.82, 2.24) is 9.97 Å². The number of nitrogens with one attached hydrogen (secondary N) is 1. The maximum absolute atomic E-state index is 12.6. The van der Waals surface area contributed by atoms with Gasteiger partial charge < -0.3 is 9.64 Å². The number of pyridine rings is 1. The van der Waals surface area contributed by atoms with Gasteiger partial charge in [-0.3, -0.25) is 10.1 Å². The van der Waals surface area contributed by atoms with E-state index in [-0.39, 0.29) is 5.91 Å². The van der Waals surface area contributed by atoms with Gasteiger partial charge in [-0.05, 0) is 23.8 Å². The Labute approximate surface area is 178 Å². The van der Waals surface area contributed by atoms with E-state index in [0.29, 0.717) is 10.8 Å². The molecule has 0 radical (unpaired) electrons. The zero-order valence-corrected chi connectivity index (χ0v) is 17.1. The lowest BCUT2D eigenvalue weighted by molar-refractivity contribution is 0.102. The minimum atomic E-state index is -0.260. The molecule has 0 bridgehead atoms. The molecule has 1 saturated heterocycles. The second kappa shape index (κ2) is 8.22. The number of para-hydroxylation sites is 1. The number of rotatable bonds is 4. The van der Waals surface area contributed by atoms with Gasteiger partial charge in [0.25, 0.3) is 5.91 Å². The van der Waals surface area contributed by atoms with Gasteiger partial charge in [0.05, 0.1) is 18.7 Å². The number of anilines is 2. The fourth-order valence-corrected chi connectivity index (χ4v) is 4.17. The minimum absolute atomic E-state index is 0.260. The van der Waals surface area contributed by atoms with Gasteiger partial charge in [0.2, 0.25) is 0 Å². The molecule has 5 rings (SSSR count). The molecule has 0 unspecified atom stereocenters. The Hall–Kier alpha value is -3.29. The first-order valence-corrected chi connectivity index (χ1v) is 10.7. The minimum Gasteiger partial charge on any atom is -0.378 e. The van der Waals surface area contributed by atoms with Crippen LogP contribution < -0.4 is 10.2 Å². The average Bonchev–Trinajstić information content (AvgIpc) is 3.32. The number of hydrogen-bond donors (Lipinski definition) is 1.